The lowest BCUT2D eigenvalue weighted by Crippen LogP contribution is -2.13. The minimum Gasteiger partial charge on any atom is -0.309 e. The summed E-state index contributed by atoms with van der Waals surface area (Å²) < 4.78 is 5.23. The summed E-state index contributed by atoms with van der Waals surface area (Å²) in [5.41, 5.74) is 15.2. The Hall–Kier alpha value is -7.56. The normalized spacial score (nSPS) is 11.5. The molecular formula is C60H39NS2. The van der Waals surface area contributed by atoms with E-state index in [4.69, 9.17) is 0 Å². The summed E-state index contributed by atoms with van der Waals surface area (Å²) in [5, 5.41) is 5.22. The fourth-order valence-electron chi connectivity index (χ4n) is 9.41. The second-order valence-electron chi connectivity index (χ2n) is 16.0. The quantitative estimate of drug-likeness (QED) is 0.147. The van der Waals surface area contributed by atoms with Crippen molar-refractivity contribution >= 4 is 80.1 Å². The number of fused-ring (bicyclic) bond motifs is 6. The molecule has 63 heavy (non-hydrogen) atoms. The SMILES string of the molecule is c1ccc(-c2ccccc2-c2c(-c3ccccc3)cccc2N(c2ccc(-c3ccc4c(c3)sc3ccccc34)cc2)c2ccccc2-c2cccc3c2sc2ccccc23)cc1. The van der Waals surface area contributed by atoms with Gasteiger partial charge in [0.25, 0.3) is 0 Å². The third kappa shape index (κ3) is 6.53. The van der Waals surface area contributed by atoms with Crippen LogP contribution in [0.25, 0.3) is 96.0 Å². The van der Waals surface area contributed by atoms with Crippen molar-refractivity contribution in [3.63, 3.8) is 0 Å². The first kappa shape index (κ1) is 37.2. The van der Waals surface area contributed by atoms with Gasteiger partial charge in [-0.3, -0.25) is 0 Å². The first-order valence-corrected chi connectivity index (χ1v) is 23.0. The van der Waals surface area contributed by atoms with Crippen LogP contribution >= 0.6 is 22.7 Å². The molecule has 12 aromatic rings. The van der Waals surface area contributed by atoms with Crippen molar-refractivity contribution in [2.75, 3.05) is 4.90 Å². The minimum atomic E-state index is 1.08. The van der Waals surface area contributed by atoms with Gasteiger partial charge in [0, 0.05) is 62.7 Å². The fraction of sp³-hybridized carbons (Fsp3) is 0. The highest BCUT2D eigenvalue weighted by Gasteiger charge is 2.25. The molecule has 0 amide bonds. The van der Waals surface area contributed by atoms with E-state index in [2.05, 4.69) is 241 Å². The van der Waals surface area contributed by atoms with Gasteiger partial charge >= 0.3 is 0 Å². The highest BCUT2D eigenvalue weighted by molar-refractivity contribution is 7.26. The molecule has 0 radical (unpaired) electrons. The maximum Gasteiger partial charge on any atom is 0.0546 e. The molecule has 1 nitrogen and oxygen atoms in total. The van der Waals surface area contributed by atoms with Gasteiger partial charge in [0.15, 0.2) is 0 Å². The number of hydrogen-bond donors (Lipinski definition) is 0. The van der Waals surface area contributed by atoms with Crippen LogP contribution in [0.3, 0.4) is 0 Å². The van der Waals surface area contributed by atoms with Crippen LogP contribution in [-0.4, -0.2) is 0 Å². The zero-order chi connectivity index (χ0) is 41.7. The molecule has 0 aliphatic heterocycles. The largest absolute Gasteiger partial charge is 0.309 e. The smallest absolute Gasteiger partial charge is 0.0546 e. The van der Waals surface area contributed by atoms with E-state index in [1.54, 1.807) is 0 Å². The second kappa shape index (κ2) is 15.7. The number of thiophene rings is 2. The number of hydrogen-bond acceptors (Lipinski definition) is 3. The summed E-state index contributed by atoms with van der Waals surface area (Å²) >= 11 is 3.74. The highest BCUT2D eigenvalue weighted by Crippen LogP contribution is 2.51. The summed E-state index contributed by atoms with van der Waals surface area (Å²) in [4.78, 5) is 2.50. The molecule has 0 spiro atoms. The maximum absolute atomic E-state index is 2.50. The second-order valence-corrected chi connectivity index (χ2v) is 18.1. The van der Waals surface area contributed by atoms with E-state index in [9.17, 15) is 0 Å². The van der Waals surface area contributed by atoms with Crippen LogP contribution in [-0.2, 0) is 0 Å². The molecule has 2 heterocycles. The monoisotopic (exact) mass is 837 g/mol. The van der Waals surface area contributed by atoms with Crippen molar-refractivity contribution in [2.45, 2.75) is 0 Å². The fourth-order valence-corrected chi connectivity index (χ4v) is 11.8. The van der Waals surface area contributed by atoms with E-state index in [0.717, 1.165) is 17.1 Å². The Bertz CT molecular complexity index is 3620. The molecule has 0 aliphatic rings. The first-order chi connectivity index (χ1) is 31.3. The average Bonchev–Trinajstić information content (AvgIpc) is 3.93. The molecule has 3 heteroatoms. The van der Waals surface area contributed by atoms with Gasteiger partial charge in [0.1, 0.15) is 0 Å². The topological polar surface area (TPSA) is 3.24 Å². The van der Waals surface area contributed by atoms with E-state index < -0.39 is 0 Å². The van der Waals surface area contributed by atoms with Crippen LogP contribution in [0.15, 0.2) is 237 Å². The zero-order valence-electron chi connectivity index (χ0n) is 34.3. The first-order valence-electron chi connectivity index (χ1n) is 21.4. The Morgan fingerprint density at radius 3 is 1.54 bits per heavy atom. The van der Waals surface area contributed by atoms with Crippen molar-refractivity contribution < 1.29 is 0 Å². The lowest BCUT2D eigenvalue weighted by Gasteiger charge is -2.31. The van der Waals surface area contributed by atoms with Crippen molar-refractivity contribution in [1.29, 1.82) is 0 Å². The molecule has 10 aromatic carbocycles. The minimum absolute atomic E-state index is 1.08. The van der Waals surface area contributed by atoms with Crippen LogP contribution in [0.2, 0.25) is 0 Å². The molecule has 0 saturated carbocycles. The summed E-state index contributed by atoms with van der Waals surface area (Å²) in [5.74, 6) is 0. The summed E-state index contributed by atoms with van der Waals surface area (Å²) in [7, 11) is 0. The molecule has 0 fully saturated rings. The Kier molecular flexibility index (Phi) is 9.29. The molecule has 0 unspecified atom stereocenters. The van der Waals surface area contributed by atoms with E-state index in [1.165, 1.54) is 96.0 Å². The van der Waals surface area contributed by atoms with Crippen LogP contribution < -0.4 is 4.90 Å². The van der Waals surface area contributed by atoms with Crippen molar-refractivity contribution in [3.8, 4) is 55.6 Å². The Balaban J connectivity index is 1.11. The molecule has 0 N–H and O–H groups in total. The van der Waals surface area contributed by atoms with Gasteiger partial charge in [-0.1, -0.05) is 194 Å². The molecule has 0 atom stereocenters. The number of para-hydroxylation sites is 1. The summed E-state index contributed by atoms with van der Waals surface area (Å²) in [6, 6.07) is 86.8. The predicted molar refractivity (Wildman–Crippen MR) is 274 cm³/mol. The maximum atomic E-state index is 2.50. The number of rotatable bonds is 8. The van der Waals surface area contributed by atoms with Gasteiger partial charge in [-0.05, 0) is 81.4 Å². The van der Waals surface area contributed by atoms with Gasteiger partial charge in [-0.2, -0.15) is 0 Å². The molecular weight excluding hydrogens is 799 g/mol. The van der Waals surface area contributed by atoms with Crippen molar-refractivity contribution in [2.24, 2.45) is 0 Å². The van der Waals surface area contributed by atoms with Crippen molar-refractivity contribution in [3.05, 3.63) is 237 Å². The van der Waals surface area contributed by atoms with E-state index >= 15 is 0 Å². The molecule has 0 bridgehead atoms. The van der Waals surface area contributed by atoms with E-state index in [-0.39, 0.29) is 0 Å². The van der Waals surface area contributed by atoms with Gasteiger partial charge in [0.2, 0.25) is 0 Å². The van der Waals surface area contributed by atoms with Crippen LogP contribution in [0.4, 0.5) is 17.1 Å². The lowest BCUT2D eigenvalue weighted by atomic mass is 9.87. The molecule has 12 rings (SSSR count). The van der Waals surface area contributed by atoms with E-state index in [0.29, 0.717) is 0 Å². The van der Waals surface area contributed by atoms with Gasteiger partial charge in [-0.25, -0.2) is 0 Å². The molecule has 296 valence electrons. The lowest BCUT2D eigenvalue weighted by molar-refractivity contribution is 1.28. The van der Waals surface area contributed by atoms with Crippen LogP contribution in [0, 0.1) is 0 Å². The average molecular weight is 838 g/mol. The Morgan fingerprint density at radius 2 is 0.778 bits per heavy atom. The number of nitrogens with zero attached hydrogens (tertiary/aromatic N) is 1. The van der Waals surface area contributed by atoms with Crippen LogP contribution in [0.1, 0.15) is 0 Å². The van der Waals surface area contributed by atoms with E-state index in [1.807, 2.05) is 22.7 Å². The standard InChI is InChI=1S/C60H39NS2/c1-3-17-41(18-4-1)45-21-7-8-25-51(45)59-46(42-19-5-2-6-20-42)26-16-30-55(59)61(44-36-33-40(34-37-44)43-35-38-50-48-23-10-13-31-56(48)62-58(50)39-43)54-29-12-9-22-47(54)52-27-15-28-53-49-24-11-14-32-57(49)63-60(52)53/h1-39H. The molecule has 2 aromatic heterocycles. The number of benzene rings is 10. The summed E-state index contributed by atoms with van der Waals surface area (Å²) in [6.45, 7) is 0. The molecule has 0 saturated heterocycles. The van der Waals surface area contributed by atoms with Gasteiger partial charge < -0.3 is 4.90 Å². The third-order valence-corrected chi connectivity index (χ3v) is 14.7. The van der Waals surface area contributed by atoms with Crippen molar-refractivity contribution in [1.82, 2.24) is 0 Å². The van der Waals surface area contributed by atoms with Gasteiger partial charge in [-0.15, -0.1) is 22.7 Å². The predicted octanol–water partition coefficient (Wildman–Crippen LogP) is 18.2. The zero-order valence-corrected chi connectivity index (χ0v) is 35.9. The number of anilines is 3. The summed E-state index contributed by atoms with van der Waals surface area (Å²) in [6.07, 6.45) is 0. The molecule has 0 aliphatic carbocycles. The van der Waals surface area contributed by atoms with Crippen LogP contribution in [0.5, 0.6) is 0 Å². The highest BCUT2D eigenvalue weighted by atomic mass is 32.1. The van der Waals surface area contributed by atoms with Gasteiger partial charge in [0.05, 0.1) is 11.4 Å². The Labute approximate surface area is 375 Å². The third-order valence-electron chi connectivity index (χ3n) is 12.3. The Morgan fingerprint density at radius 1 is 0.270 bits per heavy atom.